The van der Waals surface area contributed by atoms with Gasteiger partial charge in [-0.1, -0.05) is 6.92 Å². The summed E-state index contributed by atoms with van der Waals surface area (Å²) < 4.78 is 5.33. The average Bonchev–Trinajstić information content (AvgIpc) is 1.82. The molecule has 0 rings (SSSR count). The molecule has 0 aromatic rings. The van der Waals surface area contributed by atoms with E-state index >= 15 is 0 Å². The zero-order valence-corrected chi connectivity index (χ0v) is 6.82. The molecule has 0 spiro atoms. The van der Waals surface area contributed by atoms with Crippen LogP contribution in [0.15, 0.2) is 11.3 Å². The first kappa shape index (κ1) is 8.54. The summed E-state index contributed by atoms with van der Waals surface area (Å²) in [5.41, 5.74) is 1.29. The topological polar surface area (TPSA) is 9.23 Å². The molecule has 1 heteroatoms. The minimum absolute atomic E-state index is 0.786. The predicted octanol–water partition coefficient (Wildman–Crippen LogP) is 2.73. The van der Waals surface area contributed by atoms with Gasteiger partial charge in [0.25, 0.3) is 0 Å². The highest BCUT2D eigenvalue weighted by Gasteiger charge is 1.93. The highest BCUT2D eigenvalue weighted by atomic mass is 16.5. The maximum atomic E-state index is 5.33. The fourth-order valence-electron chi connectivity index (χ4n) is 0.774. The summed E-state index contributed by atoms with van der Waals surface area (Å²) in [4.78, 5) is 0. The van der Waals surface area contributed by atoms with Gasteiger partial charge in [-0.3, -0.25) is 0 Å². The Morgan fingerprint density at radius 2 is 1.78 bits per heavy atom. The number of hydrogen-bond acceptors (Lipinski definition) is 1. The molecule has 0 aliphatic carbocycles. The Morgan fingerprint density at radius 1 is 1.22 bits per heavy atom. The number of hydrogen-bond donors (Lipinski definition) is 0. The van der Waals surface area contributed by atoms with Crippen LogP contribution in [0.2, 0.25) is 0 Å². The van der Waals surface area contributed by atoms with Gasteiger partial charge in [0.2, 0.25) is 0 Å². The van der Waals surface area contributed by atoms with Gasteiger partial charge < -0.3 is 4.74 Å². The first-order valence-electron chi connectivity index (χ1n) is 3.51. The highest BCUT2D eigenvalue weighted by Crippen LogP contribution is 2.08. The molecule has 0 unspecified atom stereocenters. The summed E-state index contributed by atoms with van der Waals surface area (Å²) in [5, 5.41) is 0. The molecule has 0 saturated heterocycles. The summed E-state index contributed by atoms with van der Waals surface area (Å²) in [5.74, 6) is 1.14. The molecular formula is C8H16O. The first-order valence-corrected chi connectivity index (χ1v) is 3.51. The Morgan fingerprint density at radius 3 is 1.89 bits per heavy atom. The molecule has 0 amide bonds. The van der Waals surface area contributed by atoms with E-state index in [1.165, 1.54) is 5.57 Å². The van der Waals surface area contributed by atoms with Crippen LogP contribution in [-0.2, 0) is 4.74 Å². The molecule has 9 heavy (non-hydrogen) atoms. The molecule has 0 atom stereocenters. The molecule has 0 bridgehead atoms. The molecule has 0 heterocycles. The third kappa shape index (κ3) is 3.17. The van der Waals surface area contributed by atoms with Gasteiger partial charge in [0.05, 0.1) is 12.4 Å². The lowest BCUT2D eigenvalue weighted by atomic mass is 10.2. The molecular weight excluding hydrogens is 112 g/mol. The van der Waals surface area contributed by atoms with E-state index < -0.39 is 0 Å². The maximum Gasteiger partial charge on any atom is 0.0943 e. The highest BCUT2D eigenvalue weighted by molar-refractivity contribution is 5.01. The van der Waals surface area contributed by atoms with E-state index in [2.05, 4.69) is 20.8 Å². The van der Waals surface area contributed by atoms with Crippen molar-refractivity contribution in [3.8, 4) is 0 Å². The van der Waals surface area contributed by atoms with E-state index in [1.807, 2.05) is 6.92 Å². The third-order valence-electron chi connectivity index (χ3n) is 1.20. The maximum absolute atomic E-state index is 5.33. The molecule has 1 nitrogen and oxygen atoms in total. The van der Waals surface area contributed by atoms with Gasteiger partial charge in [-0.15, -0.1) is 0 Å². The Hall–Kier alpha value is -0.460. The number of allylic oxidation sites excluding steroid dienone is 2. The molecule has 0 fully saturated rings. The van der Waals surface area contributed by atoms with Gasteiger partial charge in [-0.05, 0) is 26.3 Å². The largest absolute Gasteiger partial charge is 0.498 e. The van der Waals surface area contributed by atoms with Crippen LogP contribution in [0.5, 0.6) is 0 Å². The zero-order chi connectivity index (χ0) is 7.28. The molecule has 0 aliphatic heterocycles. The fourth-order valence-corrected chi connectivity index (χ4v) is 0.774. The molecule has 0 aromatic heterocycles. The SMILES string of the molecule is CCOC(CC)=C(C)C. The summed E-state index contributed by atoms with van der Waals surface area (Å²) in [6, 6.07) is 0. The van der Waals surface area contributed by atoms with Crippen LogP contribution in [0, 0.1) is 0 Å². The van der Waals surface area contributed by atoms with E-state index in [-0.39, 0.29) is 0 Å². The van der Waals surface area contributed by atoms with Crippen molar-refractivity contribution in [2.45, 2.75) is 34.1 Å². The van der Waals surface area contributed by atoms with Crippen molar-refractivity contribution in [3.05, 3.63) is 11.3 Å². The molecule has 0 N–H and O–H groups in total. The quantitative estimate of drug-likeness (QED) is 0.531. The van der Waals surface area contributed by atoms with Gasteiger partial charge >= 0.3 is 0 Å². The van der Waals surface area contributed by atoms with E-state index in [9.17, 15) is 0 Å². The van der Waals surface area contributed by atoms with E-state index in [0.29, 0.717) is 0 Å². The van der Waals surface area contributed by atoms with Crippen LogP contribution in [0.4, 0.5) is 0 Å². The molecule has 0 aliphatic rings. The van der Waals surface area contributed by atoms with Crippen molar-refractivity contribution in [3.63, 3.8) is 0 Å². The average molecular weight is 128 g/mol. The van der Waals surface area contributed by atoms with Crippen LogP contribution in [0.1, 0.15) is 34.1 Å². The second-order valence-electron chi connectivity index (χ2n) is 2.21. The van der Waals surface area contributed by atoms with Gasteiger partial charge in [-0.25, -0.2) is 0 Å². The summed E-state index contributed by atoms with van der Waals surface area (Å²) in [6.45, 7) is 9.06. The van der Waals surface area contributed by atoms with Gasteiger partial charge in [0, 0.05) is 6.42 Å². The molecule has 0 saturated carbocycles. The van der Waals surface area contributed by atoms with E-state index in [0.717, 1.165) is 18.8 Å². The second-order valence-corrected chi connectivity index (χ2v) is 2.21. The van der Waals surface area contributed by atoms with Crippen molar-refractivity contribution >= 4 is 0 Å². The predicted molar refractivity (Wildman–Crippen MR) is 40.3 cm³/mol. The Labute approximate surface area is 57.7 Å². The van der Waals surface area contributed by atoms with Gasteiger partial charge in [-0.2, -0.15) is 0 Å². The lowest BCUT2D eigenvalue weighted by Crippen LogP contribution is -1.91. The smallest absolute Gasteiger partial charge is 0.0943 e. The van der Waals surface area contributed by atoms with Crippen LogP contribution in [0.3, 0.4) is 0 Å². The van der Waals surface area contributed by atoms with Crippen LogP contribution >= 0.6 is 0 Å². The number of ether oxygens (including phenoxy) is 1. The minimum Gasteiger partial charge on any atom is -0.498 e. The molecule has 54 valence electrons. The number of rotatable bonds is 3. The standard InChI is InChI=1S/C8H16O/c1-5-8(7(3)4)9-6-2/h5-6H2,1-4H3. The van der Waals surface area contributed by atoms with Crippen molar-refractivity contribution < 1.29 is 4.74 Å². The monoisotopic (exact) mass is 128 g/mol. The first-order chi connectivity index (χ1) is 4.22. The second kappa shape index (κ2) is 4.42. The van der Waals surface area contributed by atoms with Gasteiger partial charge in [0.1, 0.15) is 0 Å². The summed E-state index contributed by atoms with van der Waals surface area (Å²) >= 11 is 0. The minimum atomic E-state index is 0.786. The fraction of sp³-hybridized carbons (Fsp3) is 0.750. The van der Waals surface area contributed by atoms with Crippen molar-refractivity contribution in [1.82, 2.24) is 0 Å². The van der Waals surface area contributed by atoms with Crippen LogP contribution < -0.4 is 0 Å². The summed E-state index contributed by atoms with van der Waals surface area (Å²) in [7, 11) is 0. The lowest BCUT2D eigenvalue weighted by Gasteiger charge is -2.06. The zero-order valence-electron chi connectivity index (χ0n) is 6.82. The Bertz CT molecular complexity index is 99.1. The van der Waals surface area contributed by atoms with E-state index in [1.54, 1.807) is 0 Å². The lowest BCUT2D eigenvalue weighted by molar-refractivity contribution is 0.217. The third-order valence-corrected chi connectivity index (χ3v) is 1.20. The Kier molecular flexibility index (Phi) is 4.20. The van der Waals surface area contributed by atoms with Crippen molar-refractivity contribution in [2.75, 3.05) is 6.61 Å². The van der Waals surface area contributed by atoms with Crippen LogP contribution in [0.25, 0.3) is 0 Å². The van der Waals surface area contributed by atoms with E-state index in [4.69, 9.17) is 4.74 Å². The van der Waals surface area contributed by atoms with Crippen molar-refractivity contribution in [1.29, 1.82) is 0 Å². The van der Waals surface area contributed by atoms with Crippen LogP contribution in [-0.4, -0.2) is 6.61 Å². The summed E-state index contributed by atoms with van der Waals surface area (Å²) in [6.07, 6.45) is 1.01. The molecule has 0 aromatic carbocycles. The normalized spacial score (nSPS) is 8.89. The van der Waals surface area contributed by atoms with Crippen molar-refractivity contribution in [2.24, 2.45) is 0 Å². The van der Waals surface area contributed by atoms with Gasteiger partial charge in [0.15, 0.2) is 0 Å². The Balaban J connectivity index is 3.83. The molecule has 0 radical (unpaired) electrons.